The lowest BCUT2D eigenvalue weighted by Gasteiger charge is -2.34. The van der Waals surface area contributed by atoms with Gasteiger partial charge in [-0.15, -0.1) is 0 Å². The number of nitrogens with one attached hydrogen (secondary N) is 1. The van der Waals surface area contributed by atoms with Crippen LogP contribution in [0.3, 0.4) is 0 Å². The van der Waals surface area contributed by atoms with Crippen molar-refractivity contribution >= 4 is 40.4 Å². The highest BCUT2D eigenvalue weighted by Gasteiger charge is 2.35. The first-order valence-corrected chi connectivity index (χ1v) is 8.96. The van der Waals surface area contributed by atoms with Gasteiger partial charge < -0.3 is 15.0 Å². The van der Waals surface area contributed by atoms with E-state index in [2.05, 4.69) is 27.9 Å². The fraction of sp³-hybridized carbons (Fsp3) is 0.471. The van der Waals surface area contributed by atoms with Gasteiger partial charge in [0.2, 0.25) is 5.91 Å². The molecule has 2 amide bonds. The molecule has 1 atom stereocenters. The number of rotatable bonds is 5. The molecule has 0 bridgehead atoms. The number of halogens is 1. The summed E-state index contributed by atoms with van der Waals surface area (Å²) < 4.78 is 6.09. The molecule has 1 N–H and O–H groups in total. The predicted octanol–water partition coefficient (Wildman–Crippen LogP) is 1.82. The second-order valence-electron chi connectivity index (χ2n) is 6.10. The summed E-state index contributed by atoms with van der Waals surface area (Å²) in [4.78, 5) is 38.4. The molecule has 6 nitrogen and oxygen atoms in total. The van der Waals surface area contributed by atoms with Gasteiger partial charge in [-0.05, 0) is 46.7 Å². The summed E-state index contributed by atoms with van der Waals surface area (Å²) in [5.41, 5.74) is 0.511. The smallest absolute Gasteiger partial charge is 0.308 e. The third-order valence-electron chi connectivity index (χ3n) is 3.60. The lowest BCUT2D eigenvalue weighted by atomic mass is 10.1. The maximum absolute atomic E-state index is 12.7. The van der Waals surface area contributed by atoms with Crippen molar-refractivity contribution in [2.75, 3.05) is 19.7 Å². The second kappa shape index (κ2) is 8.46. The van der Waals surface area contributed by atoms with Crippen LogP contribution < -0.4 is 5.32 Å². The highest BCUT2D eigenvalue weighted by molar-refractivity contribution is 14.1. The van der Waals surface area contributed by atoms with Crippen molar-refractivity contribution in [1.29, 1.82) is 0 Å². The molecular weight excluding hydrogens is 423 g/mol. The Morgan fingerprint density at radius 3 is 2.83 bits per heavy atom. The van der Waals surface area contributed by atoms with Crippen molar-refractivity contribution in [3.63, 3.8) is 0 Å². The minimum atomic E-state index is -0.830. The first-order chi connectivity index (χ1) is 11.4. The maximum Gasteiger partial charge on any atom is 0.308 e. The largest absolute Gasteiger partial charge is 0.465 e. The molecule has 1 aliphatic rings. The quantitative estimate of drug-likeness (QED) is 0.556. The van der Waals surface area contributed by atoms with Gasteiger partial charge in [0.15, 0.2) is 0 Å². The number of nitrogens with zero attached hydrogens (tertiary/aromatic N) is 1. The van der Waals surface area contributed by atoms with Crippen LogP contribution in [0.5, 0.6) is 0 Å². The number of carbonyl (C=O) groups is 3. The van der Waals surface area contributed by atoms with E-state index >= 15 is 0 Å². The third kappa shape index (κ3) is 4.93. The van der Waals surface area contributed by atoms with Crippen LogP contribution in [0, 0.1) is 9.49 Å². The fourth-order valence-corrected chi connectivity index (χ4v) is 2.97. The molecule has 0 spiro atoms. The van der Waals surface area contributed by atoms with Crippen molar-refractivity contribution in [1.82, 2.24) is 10.2 Å². The maximum atomic E-state index is 12.7. The number of amides is 2. The first kappa shape index (κ1) is 18.7. The third-order valence-corrected chi connectivity index (χ3v) is 4.27. The van der Waals surface area contributed by atoms with E-state index in [1.165, 1.54) is 4.90 Å². The number of hydrogen-bond donors (Lipinski definition) is 1. The predicted molar refractivity (Wildman–Crippen MR) is 97.4 cm³/mol. The van der Waals surface area contributed by atoms with Crippen LogP contribution in [0.4, 0.5) is 0 Å². The van der Waals surface area contributed by atoms with Gasteiger partial charge >= 0.3 is 5.97 Å². The van der Waals surface area contributed by atoms with Crippen molar-refractivity contribution in [3.05, 3.63) is 33.4 Å². The monoisotopic (exact) mass is 444 g/mol. The Hall–Kier alpha value is -1.64. The Labute approximate surface area is 155 Å². The molecule has 0 aliphatic carbocycles. The number of esters is 1. The number of piperazine rings is 1. The van der Waals surface area contributed by atoms with E-state index in [4.69, 9.17) is 4.74 Å². The van der Waals surface area contributed by atoms with E-state index in [9.17, 15) is 14.4 Å². The van der Waals surface area contributed by atoms with E-state index in [0.717, 1.165) is 3.57 Å². The zero-order chi connectivity index (χ0) is 17.7. The molecule has 0 radical (unpaired) electrons. The van der Waals surface area contributed by atoms with Gasteiger partial charge in [-0.3, -0.25) is 14.4 Å². The SMILES string of the molecule is CC(C)COC(=O)CC1C(=O)NCCN1C(=O)c1cccc(I)c1. The molecule has 1 unspecified atom stereocenters. The van der Waals surface area contributed by atoms with Gasteiger partial charge in [0.05, 0.1) is 13.0 Å². The van der Waals surface area contributed by atoms with Crippen LogP contribution in [0.25, 0.3) is 0 Å². The van der Waals surface area contributed by atoms with Crippen LogP contribution in [0.2, 0.25) is 0 Å². The Kier molecular flexibility index (Phi) is 6.59. The van der Waals surface area contributed by atoms with Gasteiger partial charge in [0.25, 0.3) is 5.91 Å². The Morgan fingerprint density at radius 2 is 2.17 bits per heavy atom. The lowest BCUT2D eigenvalue weighted by Crippen LogP contribution is -2.57. The zero-order valence-electron chi connectivity index (χ0n) is 13.8. The van der Waals surface area contributed by atoms with Crippen molar-refractivity contribution in [3.8, 4) is 0 Å². The summed E-state index contributed by atoms with van der Waals surface area (Å²) in [6, 6.07) is 6.34. The number of hydrogen-bond acceptors (Lipinski definition) is 4. The van der Waals surface area contributed by atoms with E-state index in [-0.39, 0.29) is 24.2 Å². The highest BCUT2D eigenvalue weighted by Crippen LogP contribution is 2.16. The van der Waals surface area contributed by atoms with Gasteiger partial charge in [0.1, 0.15) is 6.04 Å². The second-order valence-corrected chi connectivity index (χ2v) is 7.34. The van der Waals surface area contributed by atoms with Gasteiger partial charge in [0, 0.05) is 22.2 Å². The summed E-state index contributed by atoms with van der Waals surface area (Å²) in [5.74, 6) is -0.809. The minimum Gasteiger partial charge on any atom is -0.465 e. The minimum absolute atomic E-state index is 0.131. The summed E-state index contributed by atoms with van der Waals surface area (Å²) in [5, 5.41) is 2.71. The number of carbonyl (C=O) groups excluding carboxylic acids is 3. The van der Waals surface area contributed by atoms with Gasteiger partial charge in [-0.1, -0.05) is 19.9 Å². The molecule has 0 saturated carbocycles. The van der Waals surface area contributed by atoms with Gasteiger partial charge in [-0.2, -0.15) is 0 Å². The molecule has 1 fully saturated rings. The Bertz CT molecular complexity index is 633. The molecule has 1 aromatic rings. The average molecular weight is 444 g/mol. The fourth-order valence-electron chi connectivity index (χ4n) is 2.42. The Balaban J connectivity index is 2.12. The zero-order valence-corrected chi connectivity index (χ0v) is 15.9. The van der Waals surface area contributed by atoms with Crippen LogP contribution in [0.15, 0.2) is 24.3 Å². The molecule has 1 saturated heterocycles. The Morgan fingerprint density at radius 1 is 1.42 bits per heavy atom. The molecule has 130 valence electrons. The van der Waals surface area contributed by atoms with Crippen molar-refractivity contribution in [2.24, 2.45) is 5.92 Å². The number of ether oxygens (including phenoxy) is 1. The molecule has 0 aromatic heterocycles. The van der Waals surface area contributed by atoms with E-state index in [0.29, 0.717) is 25.3 Å². The topological polar surface area (TPSA) is 75.7 Å². The molecule has 1 heterocycles. The first-order valence-electron chi connectivity index (χ1n) is 7.88. The van der Waals surface area contributed by atoms with Crippen molar-refractivity contribution in [2.45, 2.75) is 26.3 Å². The molecule has 1 aliphatic heterocycles. The summed E-state index contributed by atoms with van der Waals surface area (Å²) in [6.07, 6.45) is -0.131. The van der Waals surface area contributed by atoms with Crippen LogP contribution >= 0.6 is 22.6 Å². The van der Waals surface area contributed by atoms with Crippen LogP contribution in [-0.2, 0) is 14.3 Å². The molecule has 2 rings (SSSR count). The van der Waals surface area contributed by atoms with Gasteiger partial charge in [-0.25, -0.2) is 0 Å². The van der Waals surface area contributed by atoms with Crippen LogP contribution in [0.1, 0.15) is 30.6 Å². The van der Waals surface area contributed by atoms with E-state index in [1.807, 2.05) is 19.9 Å². The lowest BCUT2D eigenvalue weighted by molar-refractivity contribution is -0.148. The summed E-state index contributed by atoms with van der Waals surface area (Å²) >= 11 is 2.13. The summed E-state index contributed by atoms with van der Waals surface area (Å²) in [6.45, 7) is 4.93. The standard InChI is InChI=1S/C17H21IN2O4/c1-11(2)10-24-15(21)9-14-16(22)19-6-7-20(14)17(23)12-4-3-5-13(18)8-12/h3-5,8,11,14H,6-7,9-10H2,1-2H3,(H,19,22). The molecule has 1 aromatic carbocycles. The number of benzene rings is 1. The summed E-state index contributed by atoms with van der Waals surface area (Å²) in [7, 11) is 0. The molecule has 24 heavy (non-hydrogen) atoms. The van der Waals surface area contributed by atoms with E-state index < -0.39 is 12.0 Å². The average Bonchev–Trinajstić information content (AvgIpc) is 2.54. The normalized spacial score (nSPS) is 17.6. The molecule has 7 heteroatoms. The molecular formula is C17H21IN2O4. The van der Waals surface area contributed by atoms with Crippen LogP contribution in [-0.4, -0.2) is 48.4 Å². The van der Waals surface area contributed by atoms with E-state index in [1.54, 1.807) is 18.2 Å². The van der Waals surface area contributed by atoms with Crippen molar-refractivity contribution < 1.29 is 19.1 Å². The highest BCUT2D eigenvalue weighted by atomic mass is 127.